The number of nitrogens with one attached hydrogen (secondary N) is 1. The number of aryl methyl sites for hydroxylation is 2. The molecule has 34 heavy (non-hydrogen) atoms. The number of hydrogen-bond donors (Lipinski definition) is 2. The number of pyridine rings is 1. The first-order chi connectivity index (χ1) is 16.3. The minimum absolute atomic E-state index is 0.00459. The van der Waals surface area contributed by atoms with Crippen LogP contribution in [0.15, 0.2) is 47.4 Å². The Kier molecular flexibility index (Phi) is 7.21. The molecule has 0 saturated carbocycles. The molecule has 4 rings (SSSR count). The summed E-state index contributed by atoms with van der Waals surface area (Å²) in [6, 6.07) is 10.7. The lowest BCUT2D eigenvalue weighted by Crippen LogP contribution is -2.31. The number of carbonyl (C=O) groups excluding carboxylic acids is 2. The zero-order valence-electron chi connectivity index (χ0n) is 19.0. The summed E-state index contributed by atoms with van der Waals surface area (Å²) in [5.41, 5.74) is 3.70. The van der Waals surface area contributed by atoms with Crippen molar-refractivity contribution in [1.82, 2.24) is 9.88 Å². The van der Waals surface area contributed by atoms with Crippen LogP contribution in [-0.4, -0.2) is 41.2 Å². The largest absolute Gasteiger partial charge is 0.396 e. The number of amides is 2. The number of benzene rings is 1. The first kappa shape index (κ1) is 24.2. The number of halogens is 1. The summed E-state index contributed by atoms with van der Waals surface area (Å²) in [6.45, 7) is 4.66. The fourth-order valence-corrected chi connectivity index (χ4v) is 5.38. The molecule has 9 heteroatoms. The minimum Gasteiger partial charge on any atom is -0.396 e. The molecule has 1 saturated heterocycles. The monoisotopic (exact) mass is 499 g/mol. The van der Waals surface area contributed by atoms with Crippen LogP contribution in [0.25, 0.3) is 5.69 Å². The molecule has 0 bridgehead atoms. The number of carbonyl (C=O) groups is 2. The maximum atomic E-state index is 12.9. The summed E-state index contributed by atoms with van der Waals surface area (Å²) in [5.74, 6) is -0.176. The Morgan fingerprint density at radius 1 is 1.21 bits per heavy atom. The molecule has 1 atom stereocenters. The second-order valence-electron chi connectivity index (χ2n) is 8.50. The third-order valence-corrected chi connectivity index (χ3v) is 7.22. The van der Waals surface area contributed by atoms with E-state index in [0.29, 0.717) is 40.7 Å². The van der Waals surface area contributed by atoms with Gasteiger partial charge in [0.15, 0.2) is 0 Å². The van der Waals surface area contributed by atoms with Gasteiger partial charge in [-0.3, -0.25) is 19.0 Å². The molecule has 2 amide bonds. The van der Waals surface area contributed by atoms with E-state index in [1.165, 1.54) is 11.3 Å². The van der Waals surface area contributed by atoms with E-state index in [0.717, 1.165) is 22.5 Å². The van der Waals surface area contributed by atoms with Crippen molar-refractivity contribution in [2.75, 3.05) is 24.6 Å². The lowest BCUT2D eigenvalue weighted by Gasteiger charge is -2.21. The molecular weight excluding hydrogens is 474 g/mol. The fraction of sp³-hybridized carbons (Fsp3) is 0.320. The standard InChI is InChI=1S/C25H26ClN3O4S/c1-15-10-19(11-16(2)23(15)28-8-3-4-18(7-9-30)25(28)33)29-14-17(12-22(29)31)13-27-24(32)20-5-6-21(26)34-20/h3-6,8,10-11,17,30H,7,9,12-14H2,1-2H3,(H,27,32)/t17-/m0/s1. The molecular formula is C25H26ClN3O4S. The van der Waals surface area contributed by atoms with E-state index in [2.05, 4.69) is 5.32 Å². The zero-order valence-corrected chi connectivity index (χ0v) is 20.6. The van der Waals surface area contributed by atoms with Gasteiger partial charge in [0, 0.05) is 55.9 Å². The zero-order chi connectivity index (χ0) is 24.4. The third-order valence-electron chi connectivity index (χ3n) is 5.99. The van der Waals surface area contributed by atoms with Gasteiger partial charge in [-0.15, -0.1) is 11.3 Å². The van der Waals surface area contributed by atoms with E-state index in [1.54, 1.807) is 39.9 Å². The lowest BCUT2D eigenvalue weighted by atomic mass is 10.1. The van der Waals surface area contributed by atoms with Gasteiger partial charge in [0.25, 0.3) is 11.5 Å². The average molecular weight is 500 g/mol. The van der Waals surface area contributed by atoms with Gasteiger partial charge in [0.05, 0.1) is 14.9 Å². The average Bonchev–Trinajstić information content (AvgIpc) is 3.39. The molecule has 0 unspecified atom stereocenters. The molecule has 1 fully saturated rings. The highest BCUT2D eigenvalue weighted by atomic mass is 35.5. The number of aliphatic hydroxyl groups is 1. The summed E-state index contributed by atoms with van der Waals surface area (Å²) in [4.78, 5) is 40.2. The molecule has 3 aromatic rings. The second kappa shape index (κ2) is 10.1. The van der Waals surface area contributed by atoms with E-state index in [4.69, 9.17) is 11.6 Å². The second-order valence-corrected chi connectivity index (χ2v) is 10.2. The molecule has 0 spiro atoms. The van der Waals surface area contributed by atoms with Crippen LogP contribution in [0.4, 0.5) is 5.69 Å². The van der Waals surface area contributed by atoms with E-state index < -0.39 is 0 Å². The van der Waals surface area contributed by atoms with Crippen LogP contribution >= 0.6 is 22.9 Å². The Morgan fingerprint density at radius 3 is 2.59 bits per heavy atom. The topological polar surface area (TPSA) is 91.6 Å². The van der Waals surface area contributed by atoms with Gasteiger partial charge < -0.3 is 15.3 Å². The molecule has 0 radical (unpaired) electrons. The predicted octanol–water partition coefficient (Wildman–Crippen LogP) is 3.49. The molecule has 1 aliphatic rings. The van der Waals surface area contributed by atoms with Crippen LogP contribution in [0.3, 0.4) is 0 Å². The molecule has 2 aromatic heterocycles. The SMILES string of the molecule is Cc1cc(N2C[C@H](CNC(=O)c3ccc(Cl)s3)CC2=O)cc(C)c1-n1cccc(CCO)c1=O. The molecule has 3 heterocycles. The normalized spacial score (nSPS) is 15.7. The Labute approximate surface area is 206 Å². The van der Waals surface area contributed by atoms with E-state index in [9.17, 15) is 19.5 Å². The predicted molar refractivity (Wildman–Crippen MR) is 134 cm³/mol. The lowest BCUT2D eigenvalue weighted by molar-refractivity contribution is -0.117. The first-order valence-electron chi connectivity index (χ1n) is 11.1. The van der Waals surface area contributed by atoms with Crippen molar-refractivity contribution in [3.63, 3.8) is 0 Å². The van der Waals surface area contributed by atoms with Crippen molar-refractivity contribution in [3.8, 4) is 5.69 Å². The summed E-state index contributed by atoms with van der Waals surface area (Å²) < 4.78 is 2.16. The van der Waals surface area contributed by atoms with Gasteiger partial charge >= 0.3 is 0 Å². The maximum Gasteiger partial charge on any atom is 0.261 e. The summed E-state index contributed by atoms with van der Waals surface area (Å²) in [5, 5.41) is 12.1. The highest BCUT2D eigenvalue weighted by molar-refractivity contribution is 7.18. The van der Waals surface area contributed by atoms with Crippen molar-refractivity contribution in [2.45, 2.75) is 26.7 Å². The van der Waals surface area contributed by atoms with Crippen molar-refractivity contribution in [1.29, 1.82) is 0 Å². The maximum absolute atomic E-state index is 12.9. The van der Waals surface area contributed by atoms with Crippen LogP contribution in [0.1, 0.15) is 32.8 Å². The van der Waals surface area contributed by atoms with Crippen LogP contribution < -0.4 is 15.8 Å². The van der Waals surface area contributed by atoms with Crippen LogP contribution in [0.5, 0.6) is 0 Å². The van der Waals surface area contributed by atoms with Gasteiger partial charge in [-0.1, -0.05) is 17.7 Å². The third kappa shape index (κ3) is 4.94. The van der Waals surface area contributed by atoms with E-state index in [1.807, 2.05) is 26.0 Å². The van der Waals surface area contributed by atoms with Crippen LogP contribution in [-0.2, 0) is 11.2 Å². The molecule has 2 N–H and O–H groups in total. The Balaban J connectivity index is 1.51. The van der Waals surface area contributed by atoms with Gasteiger partial charge in [0.2, 0.25) is 5.91 Å². The van der Waals surface area contributed by atoms with Gasteiger partial charge in [-0.05, 0) is 55.3 Å². The molecule has 1 aliphatic heterocycles. The van der Waals surface area contributed by atoms with Crippen molar-refractivity contribution >= 4 is 40.4 Å². The number of aromatic nitrogens is 1. The van der Waals surface area contributed by atoms with Crippen molar-refractivity contribution < 1.29 is 14.7 Å². The fourth-order valence-electron chi connectivity index (χ4n) is 4.42. The van der Waals surface area contributed by atoms with E-state index >= 15 is 0 Å². The quantitative estimate of drug-likeness (QED) is 0.520. The first-order valence-corrected chi connectivity index (χ1v) is 12.2. The van der Waals surface area contributed by atoms with Crippen molar-refractivity contribution in [2.24, 2.45) is 5.92 Å². The van der Waals surface area contributed by atoms with Crippen LogP contribution in [0, 0.1) is 19.8 Å². The van der Waals surface area contributed by atoms with Crippen molar-refractivity contribution in [3.05, 3.63) is 78.9 Å². The number of thiophene rings is 1. The van der Waals surface area contributed by atoms with Crippen LogP contribution in [0.2, 0.25) is 4.34 Å². The molecule has 0 aliphatic carbocycles. The summed E-state index contributed by atoms with van der Waals surface area (Å²) in [6.07, 6.45) is 2.38. The molecule has 7 nitrogen and oxygen atoms in total. The minimum atomic E-state index is -0.187. The Hall–Kier alpha value is -2.94. The number of nitrogens with zero attached hydrogens (tertiary/aromatic N) is 2. The Bertz CT molecular complexity index is 1280. The van der Waals surface area contributed by atoms with Gasteiger partial charge in [0.1, 0.15) is 0 Å². The number of rotatable bonds is 7. The summed E-state index contributed by atoms with van der Waals surface area (Å²) in [7, 11) is 0. The smallest absolute Gasteiger partial charge is 0.261 e. The number of hydrogen-bond acceptors (Lipinski definition) is 5. The highest BCUT2D eigenvalue weighted by Gasteiger charge is 2.31. The highest BCUT2D eigenvalue weighted by Crippen LogP contribution is 2.30. The molecule has 1 aromatic carbocycles. The number of anilines is 1. The Morgan fingerprint density at radius 2 is 1.94 bits per heavy atom. The number of aliphatic hydroxyl groups excluding tert-OH is 1. The van der Waals surface area contributed by atoms with Gasteiger partial charge in [-0.25, -0.2) is 0 Å². The van der Waals surface area contributed by atoms with Gasteiger partial charge in [-0.2, -0.15) is 0 Å². The molecule has 178 valence electrons. The van der Waals surface area contributed by atoms with E-state index in [-0.39, 0.29) is 29.9 Å². The summed E-state index contributed by atoms with van der Waals surface area (Å²) >= 11 is 7.13.